The highest BCUT2D eigenvalue weighted by Gasteiger charge is 2.17. The van der Waals surface area contributed by atoms with E-state index in [-0.39, 0.29) is 11.8 Å². The molecule has 6 heteroatoms. The molecule has 2 rings (SSSR count). The van der Waals surface area contributed by atoms with E-state index in [9.17, 15) is 9.59 Å². The molecule has 2 aromatic carbocycles. The molecule has 0 radical (unpaired) electrons. The first-order valence-corrected chi connectivity index (χ1v) is 10.2. The SMILES string of the molecule is CCC(Cc1cc(OC)c(C#CCCC(C)=O)cc1OC)NOC(=O)c1ccccc1. The third-order valence-corrected chi connectivity index (χ3v) is 4.71. The van der Waals surface area contributed by atoms with E-state index in [2.05, 4.69) is 17.3 Å². The molecule has 6 nitrogen and oxygen atoms in total. The first-order valence-electron chi connectivity index (χ1n) is 10.2. The van der Waals surface area contributed by atoms with Gasteiger partial charge in [-0.2, -0.15) is 0 Å². The average Bonchev–Trinajstić information content (AvgIpc) is 2.79. The van der Waals surface area contributed by atoms with E-state index in [4.69, 9.17) is 14.3 Å². The van der Waals surface area contributed by atoms with Gasteiger partial charge in [0.1, 0.15) is 17.3 Å². The topological polar surface area (TPSA) is 73.9 Å². The maximum absolute atomic E-state index is 12.2. The van der Waals surface area contributed by atoms with Crippen molar-refractivity contribution in [2.24, 2.45) is 0 Å². The molecule has 0 aliphatic heterocycles. The lowest BCUT2D eigenvalue weighted by Crippen LogP contribution is -2.33. The summed E-state index contributed by atoms with van der Waals surface area (Å²) in [5.74, 6) is 7.04. The molecule has 0 spiro atoms. The van der Waals surface area contributed by atoms with Gasteiger partial charge in [-0.15, -0.1) is 5.48 Å². The van der Waals surface area contributed by atoms with Gasteiger partial charge in [-0.05, 0) is 49.6 Å². The largest absolute Gasteiger partial charge is 0.496 e. The summed E-state index contributed by atoms with van der Waals surface area (Å²) in [5.41, 5.74) is 4.95. The number of ketones is 1. The minimum absolute atomic E-state index is 0.111. The van der Waals surface area contributed by atoms with Crippen molar-refractivity contribution in [3.63, 3.8) is 0 Å². The monoisotopic (exact) mass is 423 g/mol. The number of methoxy groups -OCH3 is 2. The first-order chi connectivity index (χ1) is 15.0. The second-order valence-corrected chi connectivity index (χ2v) is 7.05. The van der Waals surface area contributed by atoms with Crippen molar-refractivity contribution < 1.29 is 23.9 Å². The highest BCUT2D eigenvalue weighted by molar-refractivity contribution is 5.89. The summed E-state index contributed by atoms with van der Waals surface area (Å²) < 4.78 is 11.1. The van der Waals surface area contributed by atoms with Crippen molar-refractivity contribution in [1.82, 2.24) is 5.48 Å². The number of hydroxylamine groups is 1. The molecule has 0 saturated heterocycles. The van der Waals surface area contributed by atoms with Gasteiger partial charge in [0.25, 0.3) is 0 Å². The second-order valence-electron chi connectivity index (χ2n) is 7.05. The Morgan fingerprint density at radius 1 is 1.06 bits per heavy atom. The molecule has 0 bridgehead atoms. The van der Waals surface area contributed by atoms with Crippen molar-refractivity contribution in [3.05, 3.63) is 59.2 Å². The van der Waals surface area contributed by atoms with Crippen LogP contribution in [0.5, 0.6) is 11.5 Å². The predicted molar refractivity (Wildman–Crippen MR) is 119 cm³/mol. The zero-order chi connectivity index (χ0) is 22.6. The molecule has 0 saturated carbocycles. The van der Waals surface area contributed by atoms with E-state index in [1.807, 2.05) is 25.1 Å². The number of ether oxygens (including phenoxy) is 2. The van der Waals surface area contributed by atoms with Gasteiger partial charge < -0.3 is 14.3 Å². The van der Waals surface area contributed by atoms with E-state index < -0.39 is 5.97 Å². The summed E-state index contributed by atoms with van der Waals surface area (Å²) in [6.07, 6.45) is 2.23. The summed E-state index contributed by atoms with van der Waals surface area (Å²) in [5, 5.41) is 0. The number of carbonyl (C=O) groups is 2. The maximum Gasteiger partial charge on any atom is 0.356 e. The third-order valence-electron chi connectivity index (χ3n) is 4.71. The number of hydrogen-bond acceptors (Lipinski definition) is 6. The fourth-order valence-corrected chi connectivity index (χ4v) is 2.92. The molecule has 0 aliphatic rings. The molecular formula is C25H29NO5. The van der Waals surface area contributed by atoms with Crippen LogP contribution in [-0.4, -0.2) is 32.0 Å². The van der Waals surface area contributed by atoms with Crippen LogP contribution in [0.3, 0.4) is 0 Å². The van der Waals surface area contributed by atoms with Gasteiger partial charge in [0.15, 0.2) is 0 Å². The third kappa shape index (κ3) is 7.47. The molecule has 1 N–H and O–H groups in total. The number of nitrogens with one attached hydrogen (secondary N) is 1. The van der Waals surface area contributed by atoms with Crippen molar-refractivity contribution in [1.29, 1.82) is 0 Å². The smallest absolute Gasteiger partial charge is 0.356 e. The second kappa shape index (κ2) is 12.4. The summed E-state index contributed by atoms with van der Waals surface area (Å²) in [6.45, 7) is 3.56. The molecule has 1 unspecified atom stereocenters. The molecule has 0 heterocycles. The highest BCUT2D eigenvalue weighted by atomic mass is 16.7. The molecule has 1 atom stereocenters. The Morgan fingerprint density at radius 2 is 1.77 bits per heavy atom. The molecule has 0 amide bonds. The van der Waals surface area contributed by atoms with E-state index in [0.717, 1.165) is 12.0 Å². The zero-order valence-corrected chi connectivity index (χ0v) is 18.5. The average molecular weight is 424 g/mol. The number of Topliss-reactive ketones (excluding diaryl/α,β-unsaturated/α-hetero) is 1. The van der Waals surface area contributed by atoms with Crippen LogP contribution in [0.1, 0.15) is 54.6 Å². The Labute approximate surface area is 183 Å². The Bertz CT molecular complexity index is 944. The fourth-order valence-electron chi connectivity index (χ4n) is 2.92. The molecular weight excluding hydrogens is 394 g/mol. The van der Waals surface area contributed by atoms with Gasteiger partial charge in [0.05, 0.1) is 25.3 Å². The lowest BCUT2D eigenvalue weighted by atomic mass is 10.0. The number of rotatable bonds is 10. The molecule has 0 aliphatic carbocycles. The number of benzene rings is 2. The van der Waals surface area contributed by atoms with E-state index in [0.29, 0.717) is 41.9 Å². The summed E-state index contributed by atoms with van der Waals surface area (Å²) in [6, 6.07) is 12.4. The van der Waals surface area contributed by atoms with Gasteiger partial charge in [-0.1, -0.05) is 37.0 Å². The van der Waals surface area contributed by atoms with E-state index in [1.54, 1.807) is 45.4 Å². The highest BCUT2D eigenvalue weighted by Crippen LogP contribution is 2.29. The van der Waals surface area contributed by atoms with Gasteiger partial charge >= 0.3 is 5.97 Å². The lowest BCUT2D eigenvalue weighted by Gasteiger charge is -2.19. The van der Waals surface area contributed by atoms with Crippen molar-refractivity contribution in [3.8, 4) is 23.3 Å². The minimum Gasteiger partial charge on any atom is -0.496 e. The van der Waals surface area contributed by atoms with Crippen LogP contribution in [0.2, 0.25) is 0 Å². The molecule has 0 fully saturated rings. The van der Waals surface area contributed by atoms with Gasteiger partial charge in [-0.3, -0.25) is 4.79 Å². The van der Waals surface area contributed by atoms with Gasteiger partial charge in [0, 0.05) is 18.9 Å². The Balaban J connectivity index is 2.12. The van der Waals surface area contributed by atoms with Crippen molar-refractivity contribution in [2.45, 2.75) is 45.6 Å². The molecule has 164 valence electrons. The molecule has 0 aromatic heterocycles. The Kier molecular flexibility index (Phi) is 9.60. The number of carbonyl (C=O) groups excluding carboxylic acids is 2. The summed E-state index contributed by atoms with van der Waals surface area (Å²) in [4.78, 5) is 28.5. The first kappa shape index (κ1) is 24.0. The van der Waals surface area contributed by atoms with Crippen LogP contribution in [0, 0.1) is 11.8 Å². The van der Waals surface area contributed by atoms with Crippen molar-refractivity contribution >= 4 is 11.8 Å². The van der Waals surface area contributed by atoms with E-state index in [1.165, 1.54) is 0 Å². The molecule has 2 aromatic rings. The van der Waals surface area contributed by atoms with Crippen LogP contribution < -0.4 is 15.0 Å². The Morgan fingerprint density at radius 3 is 2.39 bits per heavy atom. The Hall–Kier alpha value is -3.30. The van der Waals surface area contributed by atoms with Gasteiger partial charge in [-0.25, -0.2) is 4.79 Å². The summed E-state index contributed by atoms with van der Waals surface area (Å²) in [7, 11) is 3.19. The fraction of sp³-hybridized carbons (Fsp3) is 0.360. The summed E-state index contributed by atoms with van der Waals surface area (Å²) >= 11 is 0. The predicted octanol–water partition coefficient (Wildman–Crippen LogP) is 4.11. The van der Waals surface area contributed by atoms with Gasteiger partial charge in [0.2, 0.25) is 0 Å². The maximum atomic E-state index is 12.2. The van der Waals surface area contributed by atoms with Crippen LogP contribution in [0.15, 0.2) is 42.5 Å². The van der Waals surface area contributed by atoms with Crippen LogP contribution in [0.25, 0.3) is 0 Å². The lowest BCUT2D eigenvalue weighted by molar-refractivity contribution is -0.116. The quantitative estimate of drug-likeness (QED) is 0.458. The van der Waals surface area contributed by atoms with Crippen LogP contribution >= 0.6 is 0 Å². The van der Waals surface area contributed by atoms with Crippen molar-refractivity contribution in [2.75, 3.05) is 14.2 Å². The zero-order valence-electron chi connectivity index (χ0n) is 18.5. The number of hydrogen-bond donors (Lipinski definition) is 1. The van der Waals surface area contributed by atoms with E-state index >= 15 is 0 Å². The minimum atomic E-state index is -0.431. The molecule has 31 heavy (non-hydrogen) atoms. The standard InChI is InChI=1S/C25H29NO5/c1-5-22(26-31-25(28)19-12-7-6-8-13-19)15-21-17-23(29-3)20(16-24(21)30-4)14-10-9-11-18(2)27/h6-8,12-13,16-17,22,26H,5,9,11,15H2,1-4H3. The van der Waals surface area contributed by atoms with Crippen LogP contribution in [-0.2, 0) is 16.1 Å². The van der Waals surface area contributed by atoms with Crippen LogP contribution in [0.4, 0.5) is 0 Å². The normalized spacial score (nSPS) is 11.1.